The van der Waals surface area contributed by atoms with Gasteiger partial charge in [0.15, 0.2) is 11.5 Å². The number of methoxy groups -OCH3 is 1. The minimum atomic E-state index is -0.250. The predicted octanol–water partition coefficient (Wildman–Crippen LogP) is 4.23. The standard InChI is InChI=1S/C22H23NO5/c1-26-17-9-7-15(8-10-17)13-23(16-5-3-2-4-6-16)22(25)18-11-12-19-21(20(18)24)28-14-27-19/h5,7-12,24H,2-4,6,13-14H2,1H3. The predicted molar refractivity (Wildman–Crippen MR) is 104 cm³/mol. The molecule has 28 heavy (non-hydrogen) atoms. The number of benzene rings is 2. The number of aromatic hydroxyl groups is 1. The molecule has 1 aliphatic heterocycles. The molecule has 0 bridgehead atoms. The number of phenols is 1. The number of carbonyl (C=O) groups is 1. The number of nitrogens with zero attached hydrogens (tertiary/aromatic N) is 1. The summed E-state index contributed by atoms with van der Waals surface area (Å²) in [4.78, 5) is 15.1. The average molecular weight is 381 g/mol. The molecule has 0 unspecified atom stereocenters. The summed E-state index contributed by atoms with van der Waals surface area (Å²) in [6, 6.07) is 10.9. The number of phenolic OH excluding ortho intramolecular Hbond substituents is 1. The summed E-state index contributed by atoms with van der Waals surface area (Å²) >= 11 is 0. The number of hydrogen-bond acceptors (Lipinski definition) is 5. The summed E-state index contributed by atoms with van der Waals surface area (Å²) < 4.78 is 15.8. The Morgan fingerprint density at radius 3 is 2.68 bits per heavy atom. The molecule has 1 N–H and O–H groups in total. The van der Waals surface area contributed by atoms with E-state index in [9.17, 15) is 9.90 Å². The van der Waals surface area contributed by atoms with Crippen LogP contribution in [0.5, 0.6) is 23.0 Å². The van der Waals surface area contributed by atoms with Crippen LogP contribution in [-0.2, 0) is 6.54 Å². The van der Waals surface area contributed by atoms with E-state index in [2.05, 4.69) is 6.08 Å². The van der Waals surface area contributed by atoms with Gasteiger partial charge in [0.05, 0.1) is 19.2 Å². The summed E-state index contributed by atoms with van der Waals surface area (Å²) in [5.41, 5.74) is 2.19. The fourth-order valence-electron chi connectivity index (χ4n) is 3.56. The van der Waals surface area contributed by atoms with E-state index in [-0.39, 0.29) is 29.8 Å². The third kappa shape index (κ3) is 3.50. The van der Waals surface area contributed by atoms with E-state index in [4.69, 9.17) is 14.2 Å². The van der Waals surface area contributed by atoms with Crippen molar-refractivity contribution in [3.8, 4) is 23.0 Å². The molecule has 2 aromatic rings. The van der Waals surface area contributed by atoms with Crippen molar-refractivity contribution >= 4 is 5.91 Å². The molecule has 0 aromatic heterocycles. The lowest BCUT2D eigenvalue weighted by molar-refractivity contribution is 0.0784. The minimum Gasteiger partial charge on any atom is -0.504 e. The second-order valence-electron chi connectivity index (χ2n) is 6.88. The van der Waals surface area contributed by atoms with Gasteiger partial charge in [0.25, 0.3) is 5.91 Å². The highest BCUT2D eigenvalue weighted by atomic mass is 16.7. The van der Waals surface area contributed by atoms with E-state index in [0.29, 0.717) is 12.3 Å². The maximum atomic E-state index is 13.4. The van der Waals surface area contributed by atoms with E-state index in [1.54, 1.807) is 24.1 Å². The number of fused-ring (bicyclic) bond motifs is 1. The van der Waals surface area contributed by atoms with Crippen LogP contribution in [0.4, 0.5) is 0 Å². The van der Waals surface area contributed by atoms with Crippen LogP contribution in [0, 0.1) is 0 Å². The van der Waals surface area contributed by atoms with Gasteiger partial charge in [-0.1, -0.05) is 18.2 Å². The fourth-order valence-corrected chi connectivity index (χ4v) is 3.56. The van der Waals surface area contributed by atoms with Crippen molar-refractivity contribution in [1.29, 1.82) is 0 Å². The first kappa shape index (κ1) is 18.2. The van der Waals surface area contributed by atoms with Gasteiger partial charge >= 0.3 is 0 Å². The van der Waals surface area contributed by atoms with Gasteiger partial charge in [-0.2, -0.15) is 0 Å². The maximum Gasteiger partial charge on any atom is 0.262 e. The molecule has 1 heterocycles. The van der Waals surface area contributed by atoms with Gasteiger partial charge in [0, 0.05) is 5.70 Å². The molecule has 1 aliphatic carbocycles. The Morgan fingerprint density at radius 2 is 1.96 bits per heavy atom. The highest BCUT2D eigenvalue weighted by molar-refractivity contribution is 5.99. The largest absolute Gasteiger partial charge is 0.504 e. The maximum absolute atomic E-state index is 13.4. The number of amides is 1. The molecule has 2 aromatic carbocycles. The summed E-state index contributed by atoms with van der Waals surface area (Å²) in [5.74, 6) is 1.03. The Balaban J connectivity index is 1.66. The SMILES string of the molecule is COc1ccc(CN(C(=O)c2ccc3c(c2O)OCO3)C2=CCCCC2)cc1. The van der Waals surface area contributed by atoms with Gasteiger partial charge in [0.1, 0.15) is 5.75 Å². The lowest BCUT2D eigenvalue weighted by Gasteiger charge is -2.28. The first-order chi connectivity index (χ1) is 13.7. The number of rotatable bonds is 5. The molecular formula is C22H23NO5. The first-order valence-electron chi connectivity index (χ1n) is 9.43. The summed E-state index contributed by atoms with van der Waals surface area (Å²) in [5, 5.41) is 10.6. The molecule has 6 nitrogen and oxygen atoms in total. The average Bonchev–Trinajstić information content (AvgIpc) is 3.23. The molecule has 2 aliphatic rings. The molecule has 1 amide bonds. The summed E-state index contributed by atoms with van der Waals surface area (Å²) in [6.07, 6.45) is 6.09. The molecule has 146 valence electrons. The lowest BCUT2D eigenvalue weighted by atomic mass is 10.0. The molecule has 0 radical (unpaired) electrons. The molecular weight excluding hydrogens is 358 g/mol. The van der Waals surface area contributed by atoms with Crippen molar-refractivity contribution in [2.24, 2.45) is 0 Å². The van der Waals surface area contributed by atoms with E-state index in [1.807, 2.05) is 24.3 Å². The van der Waals surface area contributed by atoms with Gasteiger partial charge in [-0.05, 0) is 55.5 Å². The minimum absolute atomic E-state index is 0.0429. The topological polar surface area (TPSA) is 68.2 Å². The number of ether oxygens (including phenoxy) is 3. The second-order valence-corrected chi connectivity index (χ2v) is 6.88. The number of allylic oxidation sites excluding steroid dienone is 2. The first-order valence-corrected chi connectivity index (χ1v) is 9.43. The van der Waals surface area contributed by atoms with Crippen molar-refractivity contribution in [1.82, 2.24) is 4.90 Å². The van der Waals surface area contributed by atoms with Crippen LogP contribution in [0.1, 0.15) is 41.6 Å². The third-order valence-electron chi connectivity index (χ3n) is 5.10. The molecule has 0 atom stereocenters. The van der Waals surface area contributed by atoms with Gasteiger partial charge in [-0.15, -0.1) is 0 Å². The van der Waals surface area contributed by atoms with E-state index >= 15 is 0 Å². The number of hydrogen-bond donors (Lipinski definition) is 1. The van der Waals surface area contributed by atoms with Crippen LogP contribution in [0.3, 0.4) is 0 Å². The monoisotopic (exact) mass is 381 g/mol. The summed E-state index contributed by atoms with van der Waals surface area (Å²) in [7, 11) is 1.63. The fraction of sp³-hybridized carbons (Fsp3) is 0.318. The Hall–Kier alpha value is -3.15. The van der Waals surface area contributed by atoms with E-state index < -0.39 is 0 Å². The molecule has 0 spiro atoms. The Bertz CT molecular complexity index is 904. The number of carbonyl (C=O) groups excluding carboxylic acids is 1. The molecule has 4 rings (SSSR count). The van der Waals surface area contributed by atoms with Crippen molar-refractivity contribution in [2.75, 3.05) is 13.9 Å². The van der Waals surface area contributed by atoms with Crippen LogP contribution < -0.4 is 14.2 Å². The smallest absolute Gasteiger partial charge is 0.262 e. The van der Waals surface area contributed by atoms with Crippen molar-refractivity contribution < 1.29 is 24.1 Å². The van der Waals surface area contributed by atoms with Crippen LogP contribution in [0.25, 0.3) is 0 Å². The molecule has 0 saturated heterocycles. The van der Waals surface area contributed by atoms with Crippen LogP contribution in [0.15, 0.2) is 48.2 Å². The zero-order valence-corrected chi connectivity index (χ0v) is 15.8. The van der Waals surface area contributed by atoms with E-state index in [1.165, 1.54) is 0 Å². The van der Waals surface area contributed by atoms with Gasteiger partial charge in [-0.25, -0.2) is 0 Å². The Kier molecular flexibility index (Phi) is 5.10. The van der Waals surface area contributed by atoms with Gasteiger partial charge in [-0.3, -0.25) is 4.79 Å². The summed E-state index contributed by atoms with van der Waals surface area (Å²) in [6.45, 7) is 0.462. The highest BCUT2D eigenvalue weighted by Gasteiger charge is 2.28. The van der Waals surface area contributed by atoms with Gasteiger partial charge in [0.2, 0.25) is 12.5 Å². The normalized spacial score (nSPS) is 15.1. The van der Waals surface area contributed by atoms with Crippen LogP contribution in [0.2, 0.25) is 0 Å². The van der Waals surface area contributed by atoms with Crippen LogP contribution in [-0.4, -0.2) is 29.8 Å². The quantitative estimate of drug-likeness (QED) is 0.839. The lowest BCUT2D eigenvalue weighted by Crippen LogP contribution is -2.30. The highest BCUT2D eigenvalue weighted by Crippen LogP contribution is 2.43. The Labute approximate surface area is 163 Å². The van der Waals surface area contributed by atoms with E-state index in [0.717, 1.165) is 42.7 Å². The zero-order valence-electron chi connectivity index (χ0n) is 15.8. The van der Waals surface area contributed by atoms with Crippen molar-refractivity contribution in [3.63, 3.8) is 0 Å². The van der Waals surface area contributed by atoms with Gasteiger partial charge < -0.3 is 24.2 Å². The second kappa shape index (κ2) is 7.84. The van der Waals surface area contributed by atoms with Crippen molar-refractivity contribution in [2.45, 2.75) is 32.2 Å². The third-order valence-corrected chi connectivity index (χ3v) is 5.10. The zero-order chi connectivity index (χ0) is 19.5. The van der Waals surface area contributed by atoms with Crippen LogP contribution >= 0.6 is 0 Å². The molecule has 0 fully saturated rings. The molecule has 6 heteroatoms. The Morgan fingerprint density at radius 1 is 1.14 bits per heavy atom. The molecule has 0 saturated carbocycles. The van der Waals surface area contributed by atoms with Crippen molar-refractivity contribution in [3.05, 3.63) is 59.3 Å².